The van der Waals surface area contributed by atoms with Gasteiger partial charge in [0.15, 0.2) is 0 Å². The van der Waals surface area contributed by atoms with Gasteiger partial charge in [0.05, 0.1) is 12.3 Å². The molecule has 4 aromatic rings. The smallest absolute Gasteiger partial charge is 0.258 e. The van der Waals surface area contributed by atoms with Crippen LogP contribution in [0.25, 0.3) is 11.1 Å². The molecule has 1 fully saturated rings. The average Bonchev–Trinajstić information content (AvgIpc) is 3.10. The van der Waals surface area contributed by atoms with E-state index in [2.05, 4.69) is 17.3 Å². The van der Waals surface area contributed by atoms with Crippen LogP contribution in [0.2, 0.25) is 0 Å². The number of nitrogens with zero attached hydrogens (tertiary/aromatic N) is 3. The van der Waals surface area contributed by atoms with Crippen molar-refractivity contribution in [3.05, 3.63) is 114 Å². The number of piperazine rings is 1. The quantitative estimate of drug-likeness (QED) is 0.172. The van der Waals surface area contributed by atoms with Crippen LogP contribution in [0.1, 0.15) is 52.0 Å². The average molecular weight is 633 g/mol. The highest BCUT2D eigenvalue weighted by Crippen LogP contribution is 2.29. The number of anilines is 2. The van der Waals surface area contributed by atoms with Crippen LogP contribution in [-0.2, 0) is 4.79 Å². The van der Waals surface area contributed by atoms with Crippen molar-refractivity contribution in [2.45, 2.75) is 32.6 Å². The van der Waals surface area contributed by atoms with E-state index in [0.29, 0.717) is 41.3 Å². The van der Waals surface area contributed by atoms with E-state index in [4.69, 9.17) is 4.74 Å². The van der Waals surface area contributed by atoms with Crippen molar-refractivity contribution in [1.29, 1.82) is 0 Å². The lowest BCUT2D eigenvalue weighted by Gasteiger charge is -2.32. The number of para-hydroxylation sites is 2. The Morgan fingerprint density at radius 1 is 0.787 bits per heavy atom. The molecule has 0 bridgehead atoms. The Kier molecular flexibility index (Phi) is 11.4. The van der Waals surface area contributed by atoms with Gasteiger partial charge in [-0.25, -0.2) is 0 Å². The van der Waals surface area contributed by atoms with E-state index in [-0.39, 0.29) is 17.7 Å². The van der Waals surface area contributed by atoms with Crippen molar-refractivity contribution in [2.24, 2.45) is 0 Å². The van der Waals surface area contributed by atoms with Gasteiger partial charge in [0.1, 0.15) is 5.75 Å². The summed E-state index contributed by atoms with van der Waals surface area (Å²) in [6.45, 7) is 6.03. The summed E-state index contributed by atoms with van der Waals surface area (Å²) in [5, 5.41) is 2.97. The van der Waals surface area contributed by atoms with Crippen LogP contribution in [0, 0.1) is 6.92 Å². The summed E-state index contributed by atoms with van der Waals surface area (Å²) in [6.07, 6.45) is 3.13. The SMILES string of the molecule is Cc1ccc(-c2ccccc2C(=O)Nc2ccc(C(=O)N(C)c3ccccc3OCCCCCC(=O)N3CCN(C)CC3)cc2)cc1. The van der Waals surface area contributed by atoms with Crippen LogP contribution in [0.5, 0.6) is 5.75 Å². The Bertz CT molecular complexity index is 1660. The maximum Gasteiger partial charge on any atom is 0.258 e. The van der Waals surface area contributed by atoms with E-state index in [1.807, 2.05) is 84.6 Å². The number of amides is 3. The van der Waals surface area contributed by atoms with Gasteiger partial charge >= 0.3 is 0 Å². The van der Waals surface area contributed by atoms with Gasteiger partial charge in [-0.3, -0.25) is 14.4 Å². The summed E-state index contributed by atoms with van der Waals surface area (Å²) < 4.78 is 6.09. The van der Waals surface area contributed by atoms with E-state index in [1.165, 1.54) is 0 Å². The molecule has 1 aliphatic heterocycles. The zero-order valence-electron chi connectivity index (χ0n) is 27.6. The van der Waals surface area contributed by atoms with Crippen molar-refractivity contribution >= 4 is 29.1 Å². The molecule has 47 heavy (non-hydrogen) atoms. The van der Waals surface area contributed by atoms with Crippen molar-refractivity contribution in [2.75, 3.05) is 57.1 Å². The molecule has 0 radical (unpaired) electrons. The molecular weight excluding hydrogens is 588 g/mol. The van der Waals surface area contributed by atoms with E-state index in [0.717, 1.165) is 62.1 Å². The van der Waals surface area contributed by atoms with Crippen LogP contribution in [0.15, 0.2) is 97.1 Å². The minimum Gasteiger partial charge on any atom is -0.491 e. The molecule has 0 saturated carbocycles. The Morgan fingerprint density at radius 2 is 1.47 bits per heavy atom. The highest BCUT2D eigenvalue weighted by Gasteiger charge is 2.20. The van der Waals surface area contributed by atoms with Gasteiger partial charge in [0, 0.05) is 56.5 Å². The highest BCUT2D eigenvalue weighted by molar-refractivity contribution is 6.09. The maximum absolute atomic E-state index is 13.4. The van der Waals surface area contributed by atoms with Gasteiger partial charge in [0.2, 0.25) is 5.91 Å². The number of aryl methyl sites for hydroxylation is 1. The third kappa shape index (κ3) is 8.86. The first-order valence-electron chi connectivity index (χ1n) is 16.3. The maximum atomic E-state index is 13.4. The van der Waals surface area contributed by atoms with E-state index in [1.54, 1.807) is 36.2 Å². The van der Waals surface area contributed by atoms with Crippen molar-refractivity contribution in [1.82, 2.24) is 9.80 Å². The fourth-order valence-electron chi connectivity index (χ4n) is 5.67. The molecule has 0 aromatic heterocycles. The summed E-state index contributed by atoms with van der Waals surface area (Å²) in [6, 6.07) is 30.0. The molecule has 0 atom stereocenters. The van der Waals surface area contributed by atoms with E-state index >= 15 is 0 Å². The van der Waals surface area contributed by atoms with E-state index in [9.17, 15) is 14.4 Å². The highest BCUT2D eigenvalue weighted by atomic mass is 16.5. The van der Waals surface area contributed by atoms with Gasteiger partial charge < -0.3 is 24.8 Å². The van der Waals surface area contributed by atoms with Crippen LogP contribution >= 0.6 is 0 Å². The second kappa shape index (κ2) is 16.1. The third-order valence-corrected chi connectivity index (χ3v) is 8.60. The van der Waals surface area contributed by atoms with E-state index < -0.39 is 0 Å². The lowest BCUT2D eigenvalue weighted by molar-refractivity contribution is -0.132. The third-order valence-electron chi connectivity index (χ3n) is 8.60. The number of likely N-dealkylation sites (N-methyl/N-ethyl adjacent to an activating group) is 1. The zero-order chi connectivity index (χ0) is 33.2. The van der Waals surface area contributed by atoms with Gasteiger partial charge in [-0.05, 0) is 86.8 Å². The Morgan fingerprint density at radius 3 is 2.21 bits per heavy atom. The number of nitrogens with one attached hydrogen (secondary N) is 1. The number of carbonyl (C=O) groups is 3. The number of hydrogen-bond acceptors (Lipinski definition) is 5. The van der Waals surface area contributed by atoms with Crippen LogP contribution in [0.3, 0.4) is 0 Å². The fourth-order valence-corrected chi connectivity index (χ4v) is 5.67. The Hall–Kier alpha value is -4.95. The Balaban J connectivity index is 1.13. The fraction of sp³-hybridized carbons (Fsp3) is 0.308. The molecule has 1 heterocycles. The number of rotatable bonds is 12. The number of carbonyl (C=O) groups excluding carboxylic acids is 3. The van der Waals surface area contributed by atoms with Crippen LogP contribution in [0.4, 0.5) is 11.4 Å². The molecule has 8 heteroatoms. The molecule has 3 amide bonds. The first kappa shape index (κ1) is 33.4. The Labute approximate surface area is 277 Å². The van der Waals surface area contributed by atoms with Crippen LogP contribution in [-0.4, -0.2) is 74.4 Å². The summed E-state index contributed by atoms with van der Waals surface area (Å²) in [5.41, 5.74) is 5.33. The van der Waals surface area contributed by atoms with Crippen molar-refractivity contribution in [3.8, 4) is 16.9 Å². The predicted octanol–water partition coefficient (Wildman–Crippen LogP) is 6.90. The lowest BCUT2D eigenvalue weighted by atomic mass is 9.98. The normalized spacial score (nSPS) is 13.2. The first-order valence-corrected chi connectivity index (χ1v) is 16.3. The molecule has 0 spiro atoms. The topological polar surface area (TPSA) is 82.2 Å². The summed E-state index contributed by atoms with van der Waals surface area (Å²) in [7, 11) is 3.81. The molecule has 8 nitrogen and oxygen atoms in total. The van der Waals surface area contributed by atoms with Crippen molar-refractivity contribution in [3.63, 3.8) is 0 Å². The van der Waals surface area contributed by atoms with Crippen LogP contribution < -0.4 is 15.0 Å². The number of ether oxygens (including phenoxy) is 1. The molecule has 0 aliphatic carbocycles. The molecular formula is C39H44N4O4. The lowest BCUT2D eigenvalue weighted by Crippen LogP contribution is -2.47. The monoisotopic (exact) mass is 632 g/mol. The molecule has 244 valence electrons. The molecule has 1 N–H and O–H groups in total. The second-order valence-corrected chi connectivity index (χ2v) is 12.1. The minimum absolute atomic E-state index is 0.189. The minimum atomic E-state index is -0.218. The summed E-state index contributed by atoms with van der Waals surface area (Å²) in [4.78, 5) is 45.0. The number of hydrogen-bond donors (Lipinski definition) is 1. The summed E-state index contributed by atoms with van der Waals surface area (Å²) in [5.74, 6) is 0.465. The zero-order valence-corrected chi connectivity index (χ0v) is 27.6. The van der Waals surface area contributed by atoms with Gasteiger partial charge in [-0.15, -0.1) is 0 Å². The number of unbranched alkanes of at least 4 members (excludes halogenated alkanes) is 2. The molecule has 1 saturated heterocycles. The second-order valence-electron chi connectivity index (χ2n) is 12.1. The summed E-state index contributed by atoms with van der Waals surface area (Å²) >= 11 is 0. The molecule has 1 aliphatic rings. The number of benzene rings is 4. The van der Waals surface area contributed by atoms with Crippen molar-refractivity contribution < 1.29 is 19.1 Å². The molecule has 4 aromatic carbocycles. The van der Waals surface area contributed by atoms with Gasteiger partial charge in [0.25, 0.3) is 11.8 Å². The molecule has 5 rings (SSSR count). The van der Waals surface area contributed by atoms with Gasteiger partial charge in [-0.1, -0.05) is 60.2 Å². The first-order chi connectivity index (χ1) is 22.8. The molecule has 0 unspecified atom stereocenters. The van der Waals surface area contributed by atoms with Gasteiger partial charge in [-0.2, -0.15) is 0 Å². The largest absolute Gasteiger partial charge is 0.491 e. The standard InChI is InChI=1S/C39H44N4O4/c1-29-16-18-30(19-17-29)33-11-6-7-12-34(33)38(45)40-32-22-20-31(21-23-32)39(46)42(3)35-13-8-9-14-36(35)47-28-10-4-5-15-37(44)43-26-24-41(2)25-27-43/h6-9,11-14,16-23H,4-5,10,15,24-28H2,1-3H3,(H,40,45). The predicted molar refractivity (Wildman–Crippen MR) is 188 cm³/mol.